The van der Waals surface area contributed by atoms with Gasteiger partial charge in [0.05, 0.1) is 0 Å². The molecule has 0 saturated carbocycles. The van der Waals surface area contributed by atoms with Gasteiger partial charge in [0.25, 0.3) is 0 Å². The number of unbranched alkanes of at least 4 members (excludes halogenated alkanes) is 10. The van der Waals surface area contributed by atoms with Crippen molar-refractivity contribution in [1.82, 2.24) is 0 Å². The summed E-state index contributed by atoms with van der Waals surface area (Å²) < 4.78 is 196. The van der Waals surface area contributed by atoms with Crippen molar-refractivity contribution in [2.24, 2.45) is 0 Å². The maximum Gasteiger partial charge on any atom is 0.460 e. The molecular formula is C20H27F15. The minimum Gasteiger partial charge on any atom is -0.200 e. The van der Waals surface area contributed by atoms with Crippen LogP contribution in [0.5, 0.6) is 0 Å². The van der Waals surface area contributed by atoms with Gasteiger partial charge in [0.15, 0.2) is 0 Å². The molecule has 0 aromatic rings. The molecule has 0 rings (SSSR count). The summed E-state index contributed by atoms with van der Waals surface area (Å²) >= 11 is 0. The van der Waals surface area contributed by atoms with E-state index >= 15 is 0 Å². The monoisotopic (exact) mass is 552 g/mol. The van der Waals surface area contributed by atoms with Gasteiger partial charge < -0.3 is 0 Å². The van der Waals surface area contributed by atoms with Gasteiger partial charge in [-0.3, -0.25) is 0 Å². The largest absolute Gasteiger partial charge is 0.460 e. The lowest BCUT2D eigenvalue weighted by Gasteiger charge is -2.41. The number of hydrogen-bond acceptors (Lipinski definition) is 0. The van der Waals surface area contributed by atoms with Crippen LogP contribution in [-0.2, 0) is 0 Å². The third-order valence-corrected chi connectivity index (χ3v) is 5.49. The van der Waals surface area contributed by atoms with Crippen molar-refractivity contribution in [1.29, 1.82) is 0 Å². The molecule has 0 spiro atoms. The molecule has 35 heavy (non-hydrogen) atoms. The SMILES string of the molecule is CCCCCCCCCCCCCC(F)(F)C(F)(F)C(F)(F)C(F)(F)C(F)(F)C(F)(F)C(F)(F)F. The fourth-order valence-electron chi connectivity index (χ4n) is 3.17. The van der Waals surface area contributed by atoms with Crippen molar-refractivity contribution in [3.05, 3.63) is 0 Å². The third-order valence-electron chi connectivity index (χ3n) is 5.49. The summed E-state index contributed by atoms with van der Waals surface area (Å²) in [6, 6.07) is 0. The Hall–Kier alpha value is -1.05. The zero-order chi connectivity index (χ0) is 28.0. The fraction of sp³-hybridized carbons (Fsp3) is 1.00. The van der Waals surface area contributed by atoms with E-state index in [1.54, 1.807) is 0 Å². The van der Waals surface area contributed by atoms with Crippen molar-refractivity contribution in [2.45, 2.75) is 126 Å². The van der Waals surface area contributed by atoms with Gasteiger partial charge in [0.2, 0.25) is 0 Å². The Bertz CT molecular complexity index is 623. The van der Waals surface area contributed by atoms with Crippen molar-refractivity contribution < 1.29 is 65.9 Å². The van der Waals surface area contributed by atoms with Gasteiger partial charge in [-0.25, -0.2) is 0 Å². The molecule has 0 fully saturated rings. The molecule has 0 aromatic carbocycles. The molecule has 0 aromatic heterocycles. The van der Waals surface area contributed by atoms with Crippen LogP contribution in [0.1, 0.15) is 84.0 Å². The third kappa shape index (κ3) is 7.04. The first-order valence-corrected chi connectivity index (χ1v) is 10.9. The van der Waals surface area contributed by atoms with Crippen LogP contribution in [0.2, 0.25) is 0 Å². The van der Waals surface area contributed by atoms with Crippen LogP contribution < -0.4 is 0 Å². The number of alkyl halides is 15. The van der Waals surface area contributed by atoms with Crippen LogP contribution in [0, 0.1) is 0 Å². The van der Waals surface area contributed by atoms with Gasteiger partial charge >= 0.3 is 41.7 Å². The fourth-order valence-corrected chi connectivity index (χ4v) is 3.17. The second-order valence-electron chi connectivity index (χ2n) is 8.36. The Balaban J connectivity index is 5.16. The summed E-state index contributed by atoms with van der Waals surface area (Å²) in [6.07, 6.45) is -3.96. The zero-order valence-corrected chi connectivity index (χ0v) is 18.7. The number of rotatable bonds is 17. The molecule has 0 atom stereocenters. The molecule has 0 saturated heterocycles. The van der Waals surface area contributed by atoms with Crippen LogP contribution in [0.3, 0.4) is 0 Å². The summed E-state index contributed by atoms with van der Waals surface area (Å²) in [4.78, 5) is 0. The lowest BCUT2D eigenvalue weighted by Crippen LogP contribution is -2.72. The molecule has 0 unspecified atom stereocenters. The molecule has 0 aliphatic carbocycles. The topological polar surface area (TPSA) is 0 Å². The minimum atomic E-state index is -8.21. The highest BCUT2D eigenvalue weighted by molar-refractivity contribution is 5.12. The first-order valence-electron chi connectivity index (χ1n) is 10.9. The van der Waals surface area contributed by atoms with E-state index in [1.165, 1.54) is 0 Å². The van der Waals surface area contributed by atoms with Crippen molar-refractivity contribution >= 4 is 0 Å². The normalized spacial score (nSPS) is 15.1. The van der Waals surface area contributed by atoms with E-state index in [-0.39, 0.29) is 12.8 Å². The Labute approximate surface area is 192 Å². The van der Waals surface area contributed by atoms with Crippen molar-refractivity contribution in [3.63, 3.8) is 0 Å². The van der Waals surface area contributed by atoms with E-state index in [9.17, 15) is 65.9 Å². The molecule has 15 heteroatoms. The van der Waals surface area contributed by atoms with E-state index in [1.807, 2.05) is 6.92 Å². The first kappa shape index (κ1) is 34.0. The Kier molecular flexibility index (Phi) is 11.6. The van der Waals surface area contributed by atoms with E-state index in [4.69, 9.17) is 0 Å². The van der Waals surface area contributed by atoms with Crippen molar-refractivity contribution in [3.8, 4) is 0 Å². The van der Waals surface area contributed by atoms with Crippen LogP contribution >= 0.6 is 0 Å². The van der Waals surface area contributed by atoms with Crippen LogP contribution in [0.25, 0.3) is 0 Å². The average Bonchev–Trinajstić information content (AvgIpc) is 2.70. The van der Waals surface area contributed by atoms with Crippen LogP contribution in [-0.4, -0.2) is 41.7 Å². The van der Waals surface area contributed by atoms with Crippen LogP contribution in [0.15, 0.2) is 0 Å². The molecule has 0 amide bonds. The molecule has 0 aliphatic rings. The van der Waals surface area contributed by atoms with Crippen LogP contribution in [0.4, 0.5) is 65.9 Å². The van der Waals surface area contributed by atoms with Gasteiger partial charge in [-0.15, -0.1) is 0 Å². The maximum absolute atomic E-state index is 13.7. The first-order chi connectivity index (χ1) is 15.6. The van der Waals surface area contributed by atoms with Gasteiger partial charge in [-0.1, -0.05) is 71.1 Å². The summed E-state index contributed by atoms with van der Waals surface area (Å²) in [6.45, 7) is 2.02. The Morgan fingerprint density at radius 1 is 0.343 bits per heavy atom. The van der Waals surface area contributed by atoms with Gasteiger partial charge in [-0.05, 0) is 6.42 Å². The summed E-state index contributed by atoms with van der Waals surface area (Å²) in [7, 11) is 0. The highest BCUT2D eigenvalue weighted by Crippen LogP contribution is 2.62. The molecular weight excluding hydrogens is 525 g/mol. The molecule has 0 bridgehead atoms. The predicted molar refractivity (Wildman–Crippen MR) is 96.8 cm³/mol. The highest BCUT2D eigenvalue weighted by atomic mass is 19.4. The quantitative estimate of drug-likeness (QED) is 0.124. The molecule has 0 radical (unpaired) electrons. The molecule has 0 nitrogen and oxygen atoms in total. The Morgan fingerprint density at radius 2 is 0.629 bits per heavy atom. The average molecular weight is 552 g/mol. The number of halogens is 15. The van der Waals surface area contributed by atoms with Gasteiger partial charge in [-0.2, -0.15) is 65.9 Å². The summed E-state index contributed by atoms with van der Waals surface area (Å²) in [5.41, 5.74) is 0. The zero-order valence-electron chi connectivity index (χ0n) is 18.7. The maximum atomic E-state index is 13.7. The number of hydrogen-bond donors (Lipinski definition) is 0. The highest BCUT2D eigenvalue weighted by Gasteiger charge is 2.93. The molecule has 0 aliphatic heterocycles. The smallest absolute Gasteiger partial charge is 0.200 e. The second kappa shape index (κ2) is 12.0. The molecule has 0 heterocycles. The predicted octanol–water partition coefficient (Wildman–Crippen LogP) is 10.1. The summed E-state index contributed by atoms with van der Waals surface area (Å²) in [5, 5.41) is 0. The van der Waals surface area contributed by atoms with E-state index in [2.05, 4.69) is 0 Å². The van der Waals surface area contributed by atoms with E-state index in [0.717, 1.165) is 38.5 Å². The van der Waals surface area contributed by atoms with E-state index in [0.29, 0.717) is 12.8 Å². The minimum absolute atomic E-state index is 0.166. The van der Waals surface area contributed by atoms with Gasteiger partial charge in [0.1, 0.15) is 0 Å². The lowest BCUT2D eigenvalue weighted by atomic mass is 9.89. The molecule has 212 valence electrons. The summed E-state index contributed by atoms with van der Waals surface area (Å²) in [5.74, 6) is -45.8. The second-order valence-corrected chi connectivity index (χ2v) is 8.36. The van der Waals surface area contributed by atoms with Gasteiger partial charge in [0, 0.05) is 6.42 Å². The standard InChI is InChI=1S/C20H27F15/c1-2-3-4-5-6-7-8-9-10-11-12-13-14(21,22)15(23,24)16(25,26)17(27,28)18(29,30)19(31,32)20(33,34)35/h2-13H2,1H3. The lowest BCUT2D eigenvalue weighted by molar-refractivity contribution is -0.452. The Morgan fingerprint density at radius 3 is 0.971 bits per heavy atom. The van der Waals surface area contributed by atoms with Crippen molar-refractivity contribution in [2.75, 3.05) is 0 Å². The molecule has 0 N–H and O–H groups in total. The van der Waals surface area contributed by atoms with E-state index < -0.39 is 54.6 Å².